The number of β-amino-alcohol motifs (C(OH)–C–C–N with tert-alkyl or cyclic N) is 1. The number of aliphatic hydroxyl groups is 1. The first-order valence-electron chi connectivity index (χ1n) is 5.70. The topological polar surface area (TPSA) is 95.7 Å². The van der Waals surface area contributed by atoms with E-state index in [4.69, 9.17) is 5.73 Å². The van der Waals surface area contributed by atoms with Crippen LogP contribution in [0.4, 0.5) is 11.4 Å². The number of sulfonamides is 1. The molecule has 0 amide bonds. The van der Waals surface area contributed by atoms with Crippen LogP contribution in [0.5, 0.6) is 0 Å². The van der Waals surface area contributed by atoms with Crippen molar-refractivity contribution in [3.63, 3.8) is 0 Å². The maximum atomic E-state index is 11.7. The Labute approximate surface area is 106 Å². The van der Waals surface area contributed by atoms with E-state index in [9.17, 15) is 13.5 Å². The fourth-order valence-electron chi connectivity index (χ4n) is 2.06. The number of hydrogen-bond donors (Lipinski definition) is 3. The molecule has 0 aliphatic carbocycles. The molecular formula is C11H17N3O3S. The molecule has 1 aliphatic rings. The van der Waals surface area contributed by atoms with E-state index >= 15 is 0 Å². The van der Waals surface area contributed by atoms with Crippen LogP contribution in [0.3, 0.4) is 0 Å². The summed E-state index contributed by atoms with van der Waals surface area (Å²) in [5, 5.41) is 9.47. The summed E-state index contributed by atoms with van der Waals surface area (Å²) in [7, 11) is -2.18. The highest BCUT2D eigenvalue weighted by atomic mass is 32.2. The third-order valence-electron chi connectivity index (χ3n) is 3.08. The molecule has 0 spiro atoms. The highest BCUT2D eigenvalue weighted by Crippen LogP contribution is 2.27. The van der Waals surface area contributed by atoms with E-state index in [0.717, 1.165) is 18.7 Å². The number of nitrogen functional groups attached to an aromatic ring is 1. The van der Waals surface area contributed by atoms with Crippen LogP contribution in [-0.2, 0) is 10.0 Å². The molecule has 4 N–H and O–H groups in total. The van der Waals surface area contributed by atoms with Crippen LogP contribution < -0.4 is 15.4 Å². The second-order valence-corrected chi connectivity index (χ2v) is 6.17. The first kappa shape index (κ1) is 13.1. The SMILES string of the molecule is CNS(=O)(=O)c1ccc(N2CCC(O)C2)cc1N. The monoisotopic (exact) mass is 271 g/mol. The van der Waals surface area contributed by atoms with Crippen LogP contribution in [-0.4, -0.2) is 39.8 Å². The van der Waals surface area contributed by atoms with E-state index in [-0.39, 0.29) is 16.7 Å². The number of benzene rings is 1. The van der Waals surface area contributed by atoms with Gasteiger partial charge in [0.25, 0.3) is 0 Å². The molecule has 1 fully saturated rings. The number of hydrogen-bond acceptors (Lipinski definition) is 5. The molecule has 0 saturated carbocycles. The molecule has 1 aliphatic heterocycles. The summed E-state index contributed by atoms with van der Waals surface area (Å²) in [4.78, 5) is 2.06. The predicted octanol–water partition coefficient (Wildman–Crippen LogP) is -0.252. The van der Waals surface area contributed by atoms with Gasteiger partial charge in [-0.15, -0.1) is 0 Å². The zero-order valence-electron chi connectivity index (χ0n) is 10.1. The van der Waals surface area contributed by atoms with E-state index in [0.29, 0.717) is 6.54 Å². The first-order valence-corrected chi connectivity index (χ1v) is 7.18. The molecule has 0 bridgehead atoms. The molecule has 1 saturated heterocycles. The number of aliphatic hydroxyl groups excluding tert-OH is 1. The number of nitrogens with two attached hydrogens (primary N) is 1. The fraction of sp³-hybridized carbons (Fsp3) is 0.455. The van der Waals surface area contributed by atoms with Crippen molar-refractivity contribution < 1.29 is 13.5 Å². The van der Waals surface area contributed by atoms with Crippen molar-refractivity contribution in [3.8, 4) is 0 Å². The summed E-state index contributed by atoms with van der Waals surface area (Å²) in [6.07, 6.45) is 0.392. The van der Waals surface area contributed by atoms with E-state index in [1.807, 2.05) is 4.90 Å². The zero-order chi connectivity index (χ0) is 13.3. The van der Waals surface area contributed by atoms with Crippen molar-refractivity contribution >= 4 is 21.4 Å². The maximum Gasteiger partial charge on any atom is 0.242 e. The quantitative estimate of drug-likeness (QED) is 0.659. The summed E-state index contributed by atoms with van der Waals surface area (Å²) >= 11 is 0. The lowest BCUT2D eigenvalue weighted by Crippen LogP contribution is -2.23. The molecule has 6 nitrogen and oxygen atoms in total. The summed E-state index contributed by atoms with van der Waals surface area (Å²) < 4.78 is 25.6. The minimum absolute atomic E-state index is 0.0773. The van der Waals surface area contributed by atoms with Gasteiger partial charge in [-0.2, -0.15) is 0 Å². The van der Waals surface area contributed by atoms with Gasteiger partial charge in [0.05, 0.1) is 11.8 Å². The molecule has 1 heterocycles. The van der Waals surface area contributed by atoms with Gasteiger partial charge in [0.15, 0.2) is 0 Å². The summed E-state index contributed by atoms with van der Waals surface area (Å²) in [6, 6.07) is 4.82. The Morgan fingerprint density at radius 2 is 2.22 bits per heavy atom. The third kappa shape index (κ3) is 2.43. The number of nitrogens with one attached hydrogen (secondary N) is 1. The molecule has 1 unspecified atom stereocenters. The second kappa shape index (κ2) is 4.75. The molecular weight excluding hydrogens is 254 g/mol. The minimum atomic E-state index is -3.52. The van der Waals surface area contributed by atoms with Crippen LogP contribution >= 0.6 is 0 Å². The molecule has 1 aromatic rings. The fourth-order valence-corrected chi connectivity index (χ4v) is 2.90. The van der Waals surface area contributed by atoms with Crippen molar-refractivity contribution in [1.82, 2.24) is 4.72 Å². The second-order valence-electron chi connectivity index (χ2n) is 4.32. The van der Waals surface area contributed by atoms with Gasteiger partial charge in [0.2, 0.25) is 10.0 Å². The Hall–Kier alpha value is -1.31. The van der Waals surface area contributed by atoms with E-state index < -0.39 is 10.0 Å². The van der Waals surface area contributed by atoms with Crippen LogP contribution in [0.25, 0.3) is 0 Å². The van der Waals surface area contributed by atoms with Crippen molar-refractivity contribution in [2.24, 2.45) is 0 Å². The number of nitrogens with zero attached hydrogens (tertiary/aromatic N) is 1. The molecule has 7 heteroatoms. The Morgan fingerprint density at radius 3 is 2.72 bits per heavy atom. The Kier molecular flexibility index (Phi) is 3.47. The minimum Gasteiger partial charge on any atom is -0.398 e. The molecule has 1 aromatic carbocycles. The largest absolute Gasteiger partial charge is 0.398 e. The Balaban J connectivity index is 2.31. The standard InChI is InChI=1S/C11H17N3O3S/c1-13-18(16,17)11-3-2-8(6-10(11)12)14-5-4-9(15)7-14/h2-3,6,9,13,15H,4-5,7,12H2,1H3. The van der Waals surface area contributed by atoms with Gasteiger partial charge in [-0.3, -0.25) is 0 Å². The number of anilines is 2. The molecule has 0 radical (unpaired) electrons. The lowest BCUT2D eigenvalue weighted by Gasteiger charge is -2.19. The predicted molar refractivity (Wildman–Crippen MR) is 69.9 cm³/mol. The van der Waals surface area contributed by atoms with Crippen LogP contribution in [0.15, 0.2) is 23.1 Å². The van der Waals surface area contributed by atoms with Crippen LogP contribution in [0, 0.1) is 0 Å². The van der Waals surface area contributed by atoms with Gasteiger partial charge < -0.3 is 15.7 Å². The first-order chi connectivity index (χ1) is 8.44. The Morgan fingerprint density at radius 1 is 1.50 bits per heavy atom. The number of rotatable bonds is 3. The van der Waals surface area contributed by atoms with E-state index in [1.165, 1.54) is 13.1 Å². The van der Waals surface area contributed by atoms with E-state index in [2.05, 4.69) is 4.72 Å². The molecule has 0 aromatic heterocycles. The molecule has 100 valence electrons. The highest BCUT2D eigenvalue weighted by molar-refractivity contribution is 7.89. The van der Waals surface area contributed by atoms with Crippen molar-refractivity contribution in [2.45, 2.75) is 17.4 Å². The Bertz CT molecular complexity index is 544. The molecule has 1 atom stereocenters. The molecule has 2 rings (SSSR count). The summed E-state index contributed by atoms with van der Waals surface area (Å²) in [5.74, 6) is 0. The molecule has 18 heavy (non-hydrogen) atoms. The maximum absolute atomic E-state index is 11.7. The lowest BCUT2D eigenvalue weighted by molar-refractivity contribution is 0.198. The van der Waals surface area contributed by atoms with Crippen LogP contribution in [0.1, 0.15) is 6.42 Å². The van der Waals surface area contributed by atoms with E-state index in [1.54, 1.807) is 12.1 Å². The van der Waals surface area contributed by atoms with Crippen molar-refractivity contribution in [3.05, 3.63) is 18.2 Å². The summed E-state index contributed by atoms with van der Waals surface area (Å²) in [6.45, 7) is 1.30. The zero-order valence-corrected chi connectivity index (χ0v) is 10.9. The average Bonchev–Trinajstić information content (AvgIpc) is 2.75. The normalized spacial score (nSPS) is 20.3. The lowest BCUT2D eigenvalue weighted by atomic mass is 10.2. The van der Waals surface area contributed by atoms with Gasteiger partial charge in [-0.05, 0) is 31.7 Å². The van der Waals surface area contributed by atoms with Gasteiger partial charge in [-0.25, -0.2) is 13.1 Å². The third-order valence-corrected chi connectivity index (χ3v) is 4.57. The van der Waals surface area contributed by atoms with Crippen molar-refractivity contribution in [2.75, 3.05) is 30.8 Å². The smallest absolute Gasteiger partial charge is 0.242 e. The van der Waals surface area contributed by atoms with Gasteiger partial charge >= 0.3 is 0 Å². The van der Waals surface area contributed by atoms with Gasteiger partial charge in [0.1, 0.15) is 4.90 Å². The average molecular weight is 271 g/mol. The van der Waals surface area contributed by atoms with Crippen molar-refractivity contribution in [1.29, 1.82) is 0 Å². The summed E-state index contributed by atoms with van der Waals surface area (Å²) in [5.41, 5.74) is 6.82. The highest BCUT2D eigenvalue weighted by Gasteiger charge is 2.22. The van der Waals surface area contributed by atoms with Crippen LogP contribution in [0.2, 0.25) is 0 Å². The van der Waals surface area contributed by atoms with Gasteiger partial charge in [-0.1, -0.05) is 0 Å². The van der Waals surface area contributed by atoms with Gasteiger partial charge in [0, 0.05) is 18.8 Å².